The van der Waals surface area contributed by atoms with Crippen LogP contribution in [-0.2, 0) is 0 Å². The molecule has 1 aliphatic carbocycles. The van der Waals surface area contributed by atoms with E-state index in [9.17, 15) is 0 Å². The van der Waals surface area contributed by atoms with Crippen molar-refractivity contribution in [3.05, 3.63) is 109 Å². The molecule has 26 heavy (non-hydrogen) atoms. The van der Waals surface area contributed by atoms with E-state index in [1.807, 2.05) is 48.6 Å². The number of para-hydroxylation sites is 1. The lowest BCUT2D eigenvalue weighted by Crippen LogP contribution is -2.27. The van der Waals surface area contributed by atoms with Crippen LogP contribution in [0.5, 0.6) is 5.75 Å². The normalized spacial score (nSPS) is 16.2. The van der Waals surface area contributed by atoms with Gasteiger partial charge in [-0.25, -0.2) is 0 Å². The van der Waals surface area contributed by atoms with E-state index >= 15 is 0 Å². The van der Waals surface area contributed by atoms with Gasteiger partial charge in [-0.2, -0.15) is 0 Å². The summed E-state index contributed by atoms with van der Waals surface area (Å²) in [6.07, 6.45) is 5.76. The first-order valence-corrected chi connectivity index (χ1v) is 9.02. The predicted octanol–water partition coefficient (Wildman–Crippen LogP) is 6.12. The highest BCUT2D eigenvalue weighted by Crippen LogP contribution is 2.29. The van der Waals surface area contributed by atoms with Gasteiger partial charge in [0.25, 0.3) is 0 Å². The first-order chi connectivity index (χ1) is 12.8. The summed E-state index contributed by atoms with van der Waals surface area (Å²) in [6, 6.07) is 28.8. The average molecular weight is 354 g/mol. The molecule has 0 fully saturated rings. The van der Waals surface area contributed by atoms with E-state index in [0.29, 0.717) is 0 Å². The Bertz CT molecular complexity index is 954. The summed E-state index contributed by atoms with van der Waals surface area (Å²) in [6.45, 7) is 0. The van der Waals surface area contributed by atoms with Crippen LogP contribution in [-0.4, -0.2) is 11.0 Å². The van der Waals surface area contributed by atoms with Gasteiger partial charge in [0.05, 0.1) is 4.86 Å². The van der Waals surface area contributed by atoms with Crippen molar-refractivity contribution < 1.29 is 4.74 Å². The lowest BCUT2D eigenvalue weighted by atomic mass is 9.93. The maximum absolute atomic E-state index is 6.19. The third kappa shape index (κ3) is 3.51. The minimum absolute atomic E-state index is 0.250. The molecule has 3 aromatic rings. The summed E-state index contributed by atoms with van der Waals surface area (Å²) in [5.74, 6) is 0.821. The van der Waals surface area contributed by atoms with Crippen molar-refractivity contribution >= 4 is 22.7 Å². The zero-order valence-electron chi connectivity index (χ0n) is 14.2. The number of ether oxygens (including phenoxy) is 1. The van der Waals surface area contributed by atoms with Crippen LogP contribution in [0.15, 0.2) is 103 Å². The number of hydrogen-bond donors (Lipinski definition) is 0. The van der Waals surface area contributed by atoms with Gasteiger partial charge in [-0.05, 0) is 34.9 Å². The molecule has 3 aromatic carbocycles. The van der Waals surface area contributed by atoms with Gasteiger partial charge in [0.2, 0.25) is 0 Å². The second-order valence-corrected chi connectivity index (χ2v) is 6.61. The molecular weight excluding hydrogens is 336 g/mol. The molecule has 0 bridgehead atoms. The zero-order valence-corrected chi connectivity index (χ0v) is 15.0. The van der Waals surface area contributed by atoms with Crippen LogP contribution in [0.4, 0.5) is 0 Å². The molecule has 0 amide bonds. The first-order valence-electron chi connectivity index (χ1n) is 8.61. The fourth-order valence-corrected chi connectivity index (χ4v) is 3.32. The second-order valence-electron chi connectivity index (χ2n) is 6.14. The molecule has 0 N–H and O–H groups in total. The lowest BCUT2D eigenvalue weighted by Gasteiger charge is -2.24. The number of rotatable bonds is 4. The van der Waals surface area contributed by atoms with Crippen LogP contribution in [0.1, 0.15) is 5.56 Å². The molecule has 1 atom stereocenters. The molecule has 126 valence electrons. The van der Waals surface area contributed by atoms with E-state index in [-0.39, 0.29) is 6.10 Å². The molecule has 0 heterocycles. The molecular formula is C24H18OS. The number of benzene rings is 3. The van der Waals surface area contributed by atoms with Crippen molar-refractivity contribution in [3.63, 3.8) is 0 Å². The summed E-state index contributed by atoms with van der Waals surface area (Å²) in [5.41, 5.74) is 4.62. The van der Waals surface area contributed by atoms with Crippen molar-refractivity contribution in [3.8, 4) is 16.9 Å². The van der Waals surface area contributed by atoms with Gasteiger partial charge in [0.15, 0.2) is 6.10 Å². The SMILES string of the molecule is S=C1C=CC=C(c2ccc(-c3ccccc3)cc2)C1Oc1ccccc1. The summed E-state index contributed by atoms with van der Waals surface area (Å²) in [5, 5.41) is 0. The summed E-state index contributed by atoms with van der Waals surface area (Å²) >= 11 is 5.55. The summed E-state index contributed by atoms with van der Waals surface area (Å²) in [7, 11) is 0. The Morgan fingerprint density at radius 1 is 0.654 bits per heavy atom. The highest BCUT2D eigenvalue weighted by Gasteiger charge is 2.23. The maximum Gasteiger partial charge on any atom is 0.159 e. The first kappa shape index (κ1) is 16.5. The molecule has 1 nitrogen and oxygen atoms in total. The summed E-state index contributed by atoms with van der Waals surface area (Å²) in [4.78, 5) is 0.790. The Labute approximate surface area is 159 Å². The van der Waals surface area contributed by atoms with Gasteiger partial charge >= 0.3 is 0 Å². The zero-order chi connectivity index (χ0) is 17.8. The number of thiocarbonyl (C=S) groups is 1. The van der Waals surface area contributed by atoms with Crippen LogP contribution < -0.4 is 4.74 Å². The van der Waals surface area contributed by atoms with Crippen LogP contribution in [0.25, 0.3) is 16.7 Å². The Morgan fingerprint density at radius 3 is 1.92 bits per heavy atom. The lowest BCUT2D eigenvalue weighted by molar-refractivity contribution is 0.323. The van der Waals surface area contributed by atoms with Crippen LogP contribution >= 0.6 is 12.2 Å². The highest BCUT2D eigenvalue weighted by atomic mass is 32.1. The van der Waals surface area contributed by atoms with Gasteiger partial charge < -0.3 is 4.74 Å². The monoisotopic (exact) mass is 354 g/mol. The van der Waals surface area contributed by atoms with E-state index in [4.69, 9.17) is 17.0 Å². The van der Waals surface area contributed by atoms with E-state index in [1.165, 1.54) is 11.1 Å². The molecule has 0 aliphatic heterocycles. The Hall–Kier alpha value is -2.97. The third-order valence-electron chi connectivity index (χ3n) is 4.40. The van der Waals surface area contributed by atoms with Gasteiger partial charge in [-0.3, -0.25) is 0 Å². The number of hydrogen-bond acceptors (Lipinski definition) is 2. The van der Waals surface area contributed by atoms with E-state index in [1.54, 1.807) is 0 Å². The molecule has 4 rings (SSSR count). The fraction of sp³-hybridized carbons (Fsp3) is 0.0417. The minimum Gasteiger partial charge on any atom is -0.480 e. The van der Waals surface area contributed by atoms with E-state index in [2.05, 4.69) is 54.6 Å². The second kappa shape index (κ2) is 7.51. The van der Waals surface area contributed by atoms with Crippen LogP contribution in [0.2, 0.25) is 0 Å². The van der Waals surface area contributed by atoms with Gasteiger partial charge in [0.1, 0.15) is 5.75 Å². The molecule has 2 heteroatoms. The van der Waals surface area contributed by atoms with Gasteiger partial charge in [-0.1, -0.05) is 97.2 Å². The van der Waals surface area contributed by atoms with Crippen molar-refractivity contribution in [2.75, 3.05) is 0 Å². The van der Waals surface area contributed by atoms with Crippen LogP contribution in [0, 0.1) is 0 Å². The maximum atomic E-state index is 6.19. The Kier molecular flexibility index (Phi) is 4.76. The fourth-order valence-electron chi connectivity index (χ4n) is 3.06. The molecule has 1 unspecified atom stereocenters. The largest absolute Gasteiger partial charge is 0.480 e. The summed E-state index contributed by atoms with van der Waals surface area (Å²) < 4.78 is 6.19. The quantitative estimate of drug-likeness (QED) is 0.522. The minimum atomic E-state index is -0.250. The average Bonchev–Trinajstić information content (AvgIpc) is 2.71. The van der Waals surface area contributed by atoms with Gasteiger partial charge in [-0.15, -0.1) is 0 Å². The van der Waals surface area contributed by atoms with E-state index < -0.39 is 0 Å². The van der Waals surface area contributed by atoms with Crippen molar-refractivity contribution in [2.24, 2.45) is 0 Å². The molecule has 0 spiro atoms. The molecule has 0 saturated heterocycles. The van der Waals surface area contributed by atoms with Crippen LogP contribution in [0.3, 0.4) is 0 Å². The molecule has 0 aromatic heterocycles. The Balaban J connectivity index is 1.63. The van der Waals surface area contributed by atoms with Crippen molar-refractivity contribution in [1.82, 2.24) is 0 Å². The van der Waals surface area contributed by atoms with Gasteiger partial charge in [0, 0.05) is 5.57 Å². The predicted molar refractivity (Wildman–Crippen MR) is 112 cm³/mol. The molecule has 0 saturated carbocycles. The van der Waals surface area contributed by atoms with Crippen molar-refractivity contribution in [1.29, 1.82) is 0 Å². The molecule has 1 aliphatic rings. The van der Waals surface area contributed by atoms with Crippen molar-refractivity contribution in [2.45, 2.75) is 6.10 Å². The molecule has 0 radical (unpaired) electrons. The van der Waals surface area contributed by atoms with E-state index in [0.717, 1.165) is 21.8 Å². The standard InChI is InChI=1S/C24H18OS/c26-23-13-7-12-22(24(23)25-21-10-5-2-6-11-21)20-16-14-19(15-17-20)18-8-3-1-4-9-18/h1-17,24H. The highest BCUT2D eigenvalue weighted by molar-refractivity contribution is 7.81. The number of allylic oxidation sites excluding steroid dienone is 2. The topological polar surface area (TPSA) is 9.23 Å². The Morgan fingerprint density at radius 2 is 1.23 bits per heavy atom. The third-order valence-corrected chi connectivity index (χ3v) is 4.75. The smallest absolute Gasteiger partial charge is 0.159 e.